The lowest BCUT2D eigenvalue weighted by Gasteiger charge is -2.70. The third-order valence-corrected chi connectivity index (χ3v) is 15.4. The number of carboxylic acid groups (broad SMARTS) is 1. The van der Waals surface area contributed by atoms with Gasteiger partial charge in [0, 0.05) is 67.3 Å². The highest BCUT2D eigenvalue weighted by Crippen LogP contribution is 2.75. The SMILES string of the molecule is Cc1c(Nc2nc3ccccc3s2)nnc2c1CCCN2c1ccc(-c2cnn(CC34CC5(C)CC(C)(CC(CCCN(CCCO)CCCO)(C5)C3)C4)c2C)c(C(=O)O)n1. The van der Waals surface area contributed by atoms with E-state index in [1.807, 2.05) is 48.4 Å². The van der Waals surface area contributed by atoms with Crippen LogP contribution in [0.2, 0.25) is 0 Å². The Hall–Kier alpha value is -4.50. The summed E-state index contributed by atoms with van der Waals surface area (Å²) >= 11 is 1.58. The van der Waals surface area contributed by atoms with Crippen LogP contribution in [0.15, 0.2) is 42.6 Å². The molecular formula is C47H61N9O4S. The number of hydrogen-bond donors (Lipinski definition) is 4. The maximum Gasteiger partial charge on any atom is 0.355 e. The molecule has 13 nitrogen and oxygen atoms in total. The van der Waals surface area contributed by atoms with E-state index in [2.05, 4.69) is 51.9 Å². The Morgan fingerprint density at radius 2 is 1.59 bits per heavy atom. The second-order valence-electron chi connectivity index (χ2n) is 19.8. The van der Waals surface area contributed by atoms with Gasteiger partial charge in [-0.2, -0.15) is 5.10 Å². The summed E-state index contributed by atoms with van der Waals surface area (Å²) in [6.07, 6.45) is 14.8. The molecule has 0 saturated heterocycles. The number of thiazole rings is 1. The van der Waals surface area contributed by atoms with E-state index < -0.39 is 5.97 Å². The number of hydrogen-bond acceptors (Lipinski definition) is 12. The van der Waals surface area contributed by atoms with Crippen molar-refractivity contribution in [1.82, 2.24) is 34.8 Å². The van der Waals surface area contributed by atoms with Crippen molar-refractivity contribution in [3.63, 3.8) is 0 Å². The van der Waals surface area contributed by atoms with Gasteiger partial charge in [-0.15, -0.1) is 10.2 Å². The van der Waals surface area contributed by atoms with Crippen LogP contribution in [-0.2, 0) is 13.0 Å². The number of fused-ring (bicyclic) bond motifs is 2. The number of rotatable bonds is 17. The van der Waals surface area contributed by atoms with Gasteiger partial charge < -0.3 is 30.4 Å². The van der Waals surface area contributed by atoms with E-state index in [9.17, 15) is 20.1 Å². The number of aliphatic hydroxyl groups excluding tert-OH is 2. The van der Waals surface area contributed by atoms with Gasteiger partial charge in [-0.25, -0.2) is 14.8 Å². The minimum absolute atomic E-state index is 0.00637. The minimum atomic E-state index is -1.07. The first-order chi connectivity index (χ1) is 29.3. The zero-order chi connectivity index (χ0) is 42.6. The van der Waals surface area contributed by atoms with Crippen LogP contribution in [0.5, 0.6) is 0 Å². The lowest BCUT2D eigenvalue weighted by Crippen LogP contribution is -2.60. The first kappa shape index (κ1) is 41.8. The number of aromatic carboxylic acids is 1. The van der Waals surface area contributed by atoms with Crippen LogP contribution >= 0.6 is 11.3 Å². The molecular weight excluding hydrogens is 787 g/mol. The fraction of sp³-hybridized carbons (Fsp3) is 0.574. The molecule has 4 bridgehead atoms. The third kappa shape index (κ3) is 8.16. The molecule has 5 aromatic rings. The molecule has 0 amide bonds. The van der Waals surface area contributed by atoms with Gasteiger partial charge in [0.25, 0.3) is 0 Å². The second kappa shape index (κ2) is 16.3. The predicted octanol–water partition coefficient (Wildman–Crippen LogP) is 8.70. The number of aromatic nitrogens is 6. The van der Waals surface area contributed by atoms with Crippen molar-refractivity contribution in [3.8, 4) is 11.1 Å². The van der Waals surface area contributed by atoms with Gasteiger partial charge in [0.15, 0.2) is 22.5 Å². The van der Waals surface area contributed by atoms with Crippen LogP contribution in [0.1, 0.15) is 112 Å². The van der Waals surface area contributed by atoms with Gasteiger partial charge in [-0.3, -0.25) is 4.68 Å². The molecule has 1 aromatic carbocycles. The Morgan fingerprint density at radius 3 is 2.31 bits per heavy atom. The van der Waals surface area contributed by atoms with Crippen LogP contribution in [-0.4, -0.2) is 95.5 Å². The molecule has 5 heterocycles. The number of aliphatic hydroxyl groups is 2. The van der Waals surface area contributed by atoms with E-state index >= 15 is 0 Å². The van der Waals surface area contributed by atoms with Crippen LogP contribution < -0.4 is 10.2 Å². The maximum absolute atomic E-state index is 13.0. The van der Waals surface area contributed by atoms with Crippen molar-refractivity contribution in [2.75, 3.05) is 49.6 Å². The topological polar surface area (TPSA) is 166 Å². The highest BCUT2D eigenvalue weighted by atomic mass is 32.1. The molecule has 4 aromatic heterocycles. The van der Waals surface area contributed by atoms with Crippen molar-refractivity contribution in [3.05, 3.63) is 65.1 Å². The second-order valence-corrected chi connectivity index (χ2v) is 20.8. The third-order valence-electron chi connectivity index (χ3n) is 14.4. The number of carboxylic acids is 1. The van der Waals surface area contributed by atoms with Crippen molar-refractivity contribution >= 4 is 50.1 Å². The molecule has 0 spiro atoms. The Morgan fingerprint density at radius 1 is 0.869 bits per heavy atom. The van der Waals surface area contributed by atoms with E-state index in [1.54, 1.807) is 11.3 Å². The Bertz CT molecular complexity index is 2370. The summed E-state index contributed by atoms with van der Waals surface area (Å²) in [5.41, 5.74) is 6.36. The van der Waals surface area contributed by atoms with Gasteiger partial charge in [0.2, 0.25) is 0 Å². The van der Waals surface area contributed by atoms with Gasteiger partial charge in [-0.1, -0.05) is 37.3 Å². The number of carbonyl (C=O) groups is 1. The molecule has 61 heavy (non-hydrogen) atoms. The fourth-order valence-corrected chi connectivity index (χ4v) is 14.2. The monoisotopic (exact) mass is 847 g/mol. The largest absolute Gasteiger partial charge is 0.476 e. The first-order valence-electron chi connectivity index (χ1n) is 22.3. The molecule has 2 atom stereocenters. The Kier molecular flexibility index (Phi) is 11.2. The average molecular weight is 848 g/mol. The quantitative estimate of drug-likeness (QED) is 0.0705. The summed E-state index contributed by atoms with van der Waals surface area (Å²) < 4.78 is 3.26. The zero-order valence-corrected chi connectivity index (χ0v) is 37.0. The molecule has 14 heteroatoms. The van der Waals surface area contributed by atoms with Crippen LogP contribution in [0.25, 0.3) is 21.3 Å². The number of nitrogens with zero attached hydrogens (tertiary/aromatic N) is 8. The lowest BCUT2D eigenvalue weighted by atomic mass is 9.35. The zero-order valence-electron chi connectivity index (χ0n) is 36.2. The van der Waals surface area contributed by atoms with Crippen molar-refractivity contribution < 1.29 is 20.1 Å². The van der Waals surface area contributed by atoms with Gasteiger partial charge in [0.1, 0.15) is 5.82 Å². The van der Waals surface area contributed by atoms with E-state index in [0.717, 1.165) is 96.0 Å². The van der Waals surface area contributed by atoms with E-state index in [4.69, 9.17) is 15.1 Å². The van der Waals surface area contributed by atoms with Gasteiger partial charge in [0.05, 0.1) is 16.4 Å². The number of pyridine rings is 1. The standard InChI is InChI=1S/C47H61N9O4S/c1-31-33-11-7-20-55(41(33)53-52-40(31)51-43-49-36-12-5-6-13-37(36)61-43)38-15-14-34(39(50-38)42(59)60)35-23-48-56(32(35)2)30-47-27-44(3)24-45(4,28-47)26-46(25-44,29-47)16-8-17-54(18-9-21-57)19-10-22-58/h5-6,12-15,23,57-58H,7-11,16-22,24-30H2,1-4H3,(H,59,60)(H,49,51,52). The van der Waals surface area contributed by atoms with E-state index in [1.165, 1.54) is 44.9 Å². The number of benzene rings is 1. The summed E-state index contributed by atoms with van der Waals surface area (Å²) in [4.78, 5) is 27.0. The maximum atomic E-state index is 13.0. The average Bonchev–Trinajstić information content (AvgIpc) is 3.79. The molecule has 4 N–H and O–H groups in total. The Labute approximate surface area is 362 Å². The summed E-state index contributed by atoms with van der Waals surface area (Å²) in [7, 11) is 0. The molecule has 4 aliphatic carbocycles. The predicted molar refractivity (Wildman–Crippen MR) is 240 cm³/mol. The number of nitrogens with one attached hydrogen (secondary N) is 1. The van der Waals surface area contributed by atoms with E-state index in [0.29, 0.717) is 45.8 Å². The highest BCUT2D eigenvalue weighted by Gasteiger charge is 2.65. The molecule has 324 valence electrons. The van der Waals surface area contributed by atoms with Gasteiger partial charge >= 0.3 is 5.97 Å². The summed E-state index contributed by atoms with van der Waals surface area (Å²) in [5.74, 6) is 0.836. The van der Waals surface area contributed by atoms with Crippen molar-refractivity contribution in [1.29, 1.82) is 0 Å². The molecule has 4 fully saturated rings. The normalized spacial score (nSPS) is 25.5. The molecule has 2 unspecified atom stereocenters. The van der Waals surface area contributed by atoms with Gasteiger partial charge in [-0.05, 0) is 143 Å². The highest BCUT2D eigenvalue weighted by molar-refractivity contribution is 7.22. The van der Waals surface area contributed by atoms with Crippen molar-refractivity contribution in [2.45, 2.75) is 111 Å². The number of anilines is 4. The van der Waals surface area contributed by atoms with E-state index in [-0.39, 0.29) is 24.3 Å². The lowest BCUT2D eigenvalue weighted by molar-refractivity contribution is -0.198. The molecule has 10 rings (SSSR count). The summed E-state index contributed by atoms with van der Waals surface area (Å²) in [6, 6.07) is 11.9. The van der Waals surface area contributed by atoms with Crippen LogP contribution in [0, 0.1) is 35.5 Å². The Balaban J connectivity index is 0.945. The molecule has 4 saturated carbocycles. The molecule has 1 aliphatic heterocycles. The van der Waals surface area contributed by atoms with Crippen LogP contribution in [0.3, 0.4) is 0 Å². The number of para-hydroxylation sites is 1. The minimum Gasteiger partial charge on any atom is -0.476 e. The van der Waals surface area contributed by atoms with Crippen LogP contribution in [0.4, 0.5) is 22.6 Å². The fourth-order valence-electron chi connectivity index (χ4n) is 13.3. The first-order valence-corrected chi connectivity index (χ1v) is 23.1. The molecule has 5 aliphatic rings. The summed E-state index contributed by atoms with van der Waals surface area (Å²) in [6.45, 7) is 13.8. The smallest absolute Gasteiger partial charge is 0.355 e. The molecule has 0 radical (unpaired) electrons. The summed E-state index contributed by atoms with van der Waals surface area (Å²) in [5, 5.41) is 48.0. The van der Waals surface area contributed by atoms with Crippen molar-refractivity contribution in [2.24, 2.45) is 21.7 Å².